The van der Waals surface area contributed by atoms with E-state index in [1.54, 1.807) is 12.1 Å². The topological polar surface area (TPSA) is 30.9 Å². The van der Waals surface area contributed by atoms with Crippen molar-refractivity contribution in [2.75, 3.05) is 26.0 Å². The second kappa shape index (κ2) is 8.99. The lowest BCUT2D eigenvalue weighted by atomic mass is 10.1. The number of hydrogen-bond acceptors (Lipinski definition) is 3. The average Bonchev–Trinajstić information content (AvgIpc) is 2.65. The molecule has 0 radical (unpaired) electrons. The summed E-state index contributed by atoms with van der Waals surface area (Å²) in [6.07, 6.45) is 3.65. The number of anilines is 1. The summed E-state index contributed by atoms with van der Waals surface area (Å²) in [5.74, 6) is 0. The van der Waals surface area contributed by atoms with Gasteiger partial charge in [0, 0.05) is 26.8 Å². The molecule has 0 spiro atoms. The number of nitrogens with one attached hydrogen (secondary N) is 1. The zero-order chi connectivity index (χ0) is 18.2. The van der Waals surface area contributed by atoms with E-state index in [0.29, 0.717) is 11.7 Å². The van der Waals surface area contributed by atoms with Crippen molar-refractivity contribution >= 4 is 35.3 Å². The molecule has 0 unspecified atom stereocenters. The molecule has 0 bridgehead atoms. The van der Waals surface area contributed by atoms with Crippen molar-refractivity contribution in [3.05, 3.63) is 71.8 Å². The number of nitrogens with zero attached hydrogens (tertiary/aromatic N) is 3. The summed E-state index contributed by atoms with van der Waals surface area (Å²) >= 11 is 5.37. The van der Waals surface area contributed by atoms with Gasteiger partial charge in [0.15, 0.2) is 5.11 Å². The van der Waals surface area contributed by atoms with Crippen LogP contribution >= 0.6 is 12.2 Å². The zero-order valence-electron chi connectivity index (χ0n) is 14.9. The molecule has 0 fully saturated rings. The maximum atomic E-state index is 5.37. The fourth-order valence-electron chi connectivity index (χ4n) is 2.22. The number of hydrazone groups is 1. The van der Waals surface area contributed by atoms with Crippen LogP contribution in [0.15, 0.2) is 60.2 Å². The first-order valence-electron chi connectivity index (χ1n) is 8.05. The Morgan fingerprint density at radius 1 is 1.08 bits per heavy atom. The molecular weight excluding hydrogens is 328 g/mol. The van der Waals surface area contributed by atoms with E-state index >= 15 is 0 Å². The van der Waals surface area contributed by atoms with E-state index in [1.165, 1.54) is 0 Å². The van der Waals surface area contributed by atoms with Gasteiger partial charge in [-0.2, -0.15) is 5.10 Å². The van der Waals surface area contributed by atoms with E-state index in [0.717, 1.165) is 22.4 Å². The van der Waals surface area contributed by atoms with Crippen molar-refractivity contribution in [1.29, 1.82) is 0 Å². The molecule has 0 aromatic heterocycles. The predicted molar refractivity (Wildman–Crippen MR) is 112 cm³/mol. The van der Waals surface area contributed by atoms with Crippen LogP contribution in [0, 0.1) is 0 Å². The lowest BCUT2D eigenvalue weighted by Gasteiger charge is -2.19. The van der Waals surface area contributed by atoms with Gasteiger partial charge in [-0.05, 0) is 41.0 Å². The van der Waals surface area contributed by atoms with Crippen LogP contribution in [0.5, 0.6) is 0 Å². The number of thiocarbonyl (C=S) groups is 1. The predicted octanol–water partition coefficient (Wildman–Crippen LogP) is 3.74. The molecule has 4 nitrogen and oxygen atoms in total. The van der Waals surface area contributed by atoms with Gasteiger partial charge in [0.25, 0.3) is 0 Å². The Kier molecular flexibility index (Phi) is 6.71. The fraction of sp³-hybridized carbons (Fsp3) is 0.200. The van der Waals surface area contributed by atoms with Gasteiger partial charge in [-0.15, -0.1) is 0 Å². The monoisotopic (exact) mass is 352 g/mol. The van der Waals surface area contributed by atoms with E-state index in [-0.39, 0.29) is 0 Å². The highest BCUT2D eigenvalue weighted by Gasteiger charge is 2.07. The maximum absolute atomic E-state index is 5.37. The highest BCUT2D eigenvalue weighted by Crippen LogP contribution is 2.12. The Morgan fingerprint density at radius 2 is 1.68 bits per heavy atom. The fourth-order valence-corrected chi connectivity index (χ4v) is 2.33. The second-order valence-electron chi connectivity index (χ2n) is 5.79. The van der Waals surface area contributed by atoms with Gasteiger partial charge in [0.2, 0.25) is 0 Å². The van der Waals surface area contributed by atoms with Crippen molar-refractivity contribution in [1.82, 2.24) is 10.3 Å². The minimum atomic E-state index is 0.578. The summed E-state index contributed by atoms with van der Waals surface area (Å²) in [6.45, 7) is 4.38. The summed E-state index contributed by atoms with van der Waals surface area (Å²) in [4.78, 5) is 2.07. The van der Waals surface area contributed by atoms with Crippen molar-refractivity contribution in [3.8, 4) is 0 Å². The lowest BCUT2D eigenvalue weighted by molar-refractivity contribution is 0.437. The molecular formula is C20H24N4S. The molecule has 2 rings (SSSR count). The molecule has 0 atom stereocenters. The molecule has 1 N–H and O–H groups in total. The Bertz CT molecular complexity index is 733. The molecule has 0 saturated carbocycles. The first-order valence-corrected chi connectivity index (χ1v) is 8.46. The van der Waals surface area contributed by atoms with Gasteiger partial charge >= 0.3 is 0 Å². The highest BCUT2D eigenvalue weighted by atomic mass is 32.1. The lowest BCUT2D eigenvalue weighted by Crippen LogP contribution is -2.33. The molecule has 25 heavy (non-hydrogen) atoms. The Hall–Kier alpha value is -2.66. The van der Waals surface area contributed by atoms with Gasteiger partial charge in [0.05, 0.1) is 12.8 Å². The van der Waals surface area contributed by atoms with Gasteiger partial charge in [-0.1, -0.05) is 49.1 Å². The van der Waals surface area contributed by atoms with E-state index in [1.807, 2.05) is 50.7 Å². The standard InChI is InChI=1S/C20H24N4S/c1-5-16-6-8-18(9-7-16)15-24(20(25)21-2)22-14-17-10-12-19(13-11-17)23(3)4/h5-14H,1,15H2,2-4H3,(H,21,25). The molecule has 2 aromatic carbocycles. The minimum absolute atomic E-state index is 0.578. The van der Waals surface area contributed by atoms with Crippen LogP contribution in [0.1, 0.15) is 16.7 Å². The Labute approximate surface area is 155 Å². The normalized spacial score (nSPS) is 10.5. The third kappa shape index (κ3) is 5.43. The minimum Gasteiger partial charge on any atom is -0.378 e. The maximum Gasteiger partial charge on any atom is 0.189 e. The zero-order valence-corrected chi connectivity index (χ0v) is 15.8. The summed E-state index contributed by atoms with van der Waals surface area (Å²) in [5, 5.41) is 9.89. The van der Waals surface area contributed by atoms with E-state index in [4.69, 9.17) is 12.2 Å². The molecule has 2 aromatic rings. The summed E-state index contributed by atoms with van der Waals surface area (Å²) < 4.78 is 0. The average molecular weight is 353 g/mol. The van der Waals surface area contributed by atoms with Crippen LogP contribution in [0.2, 0.25) is 0 Å². The summed E-state index contributed by atoms with van der Waals surface area (Å²) in [5.41, 5.74) is 4.40. The molecule has 0 aliphatic rings. The van der Waals surface area contributed by atoms with Crippen molar-refractivity contribution in [2.24, 2.45) is 5.10 Å². The van der Waals surface area contributed by atoms with Crippen molar-refractivity contribution < 1.29 is 0 Å². The highest BCUT2D eigenvalue weighted by molar-refractivity contribution is 7.80. The Balaban J connectivity index is 2.13. The van der Waals surface area contributed by atoms with E-state index in [2.05, 4.69) is 46.2 Å². The molecule has 130 valence electrons. The van der Waals surface area contributed by atoms with Crippen LogP contribution in [-0.2, 0) is 6.54 Å². The van der Waals surface area contributed by atoms with Crippen LogP contribution in [0.3, 0.4) is 0 Å². The summed E-state index contributed by atoms with van der Waals surface area (Å²) in [7, 11) is 5.85. The molecule has 0 saturated heterocycles. The molecule has 0 aliphatic heterocycles. The van der Waals surface area contributed by atoms with E-state index < -0.39 is 0 Å². The molecule has 0 aliphatic carbocycles. The number of hydrogen-bond donors (Lipinski definition) is 1. The SMILES string of the molecule is C=Cc1ccc(CN(N=Cc2ccc(N(C)C)cc2)C(=S)NC)cc1. The molecule has 5 heteroatoms. The van der Waals surface area contributed by atoms with Crippen LogP contribution in [0.25, 0.3) is 6.08 Å². The quantitative estimate of drug-likeness (QED) is 0.487. The first-order chi connectivity index (χ1) is 12.0. The smallest absolute Gasteiger partial charge is 0.189 e. The van der Waals surface area contributed by atoms with Crippen molar-refractivity contribution in [3.63, 3.8) is 0 Å². The van der Waals surface area contributed by atoms with Gasteiger partial charge in [0.1, 0.15) is 0 Å². The molecule has 0 heterocycles. The van der Waals surface area contributed by atoms with Gasteiger partial charge in [-0.25, -0.2) is 5.01 Å². The third-order valence-electron chi connectivity index (χ3n) is 3.75. The third-order valence-corrected chi connectivity index (χ3v) is 4.17. The molecule has 0 amide bonds. The first kappa shape index (κ1) is 18.7. The van der Waals surface area contributed by atoms with E-state index in [9.17, 15) is 0 Å². The van der Waals surface area contributed by atoms with Gasteiger partial charge < -0.3 is 10.2 Å². The van der Waals surface area contributed by atoms with Crippen molar-refractivity contribution in [2.45, 2.75) is 6.54 Å². The van der Waals surface area contributed by atoms with Crippen LogP contribution < -0.4 is 10.2 Å². The summed E-state index contributed by atoms with van der Waals surface area (Å²) in [6, 6.07) is 16.4. The van der Waals surface area contributed by atoms with Gasteiger partial charge in [-0.3, -0.25) is 0 Å². The number of rotatable bonds is 6. The van der Waals surface area contributed by atoms with Crippen LogP contribution in [0.4, 0.5) is 5.69 Å². The van der Waals surface area contributed by atoms with Crippen LogP contribution in [-0.4, -0.2) is 37.5 Å². The Morgan fingerprint density at radius 3 is 2.20 bits per heavy atom. The number of benzene rings is 2. The second-order valence-corrected chi connectivity index (χ2v) is 6.18. The largest absolute Gasteiger partial charge is 0.378 e.